The van der Waals surface area contributed by atoms with E-state index in [1.165, 1.54) is 24.4 Å². The molecule has 0 heterocycles. The maximum atomic E-state index is 11.0. The van der Waals surface area contributed by atoms with Crippen LogP contribution in [0.2, 0.25) is 5.02 Å². The Morgan fingerprint density at radius 2 is 2.05 bits per heavy atom. The number of hydrogen-bond donors (Lipinski definition) is 2. The highest BCUT2D eigenvalue weighted by Gasteiger charge is 2.12. The van der Waals surface area contributed by atoms with Gasteiger partial charge in [-0.15, -0.1) is 0 Å². The van der Waals surface area contributed by atoms with Crippen LogP contribution in [-0.4, -0.2) is 22.2 Å². The lowest BCUT2D eigenvalue weighted by Gasteiger charge is -2.04. The van der Waals surface area contributed by atoms with Gasteiger partial charge in [-0.3, -0.25) is 15.5 Å². The van der Waals surface area contributed by atoms with E-state index < -0.39 is 10.9 Å². The first-order chi connectivity index (χ1) is 10.5. The Morgan fingerprint density at radius 1 is 1.32 bits per heavy atom. The molecule has 0 fully saturated rings. The largest absolute Gasteiger partial charge is 0.478 e. The fourth-order valence-corrected chi connectivity index (χ4v) is 1.88. The van der Waals surface area contributed by atoms with Crippen LogP contribution < -0.4 is 5.43 Å². The first-order valence-corrected chi connectivity index (χ1v) is 6.42. The summed E-state index contributed by atoms with van der Waals surface area (Å²) in [6, 6.07) is 10.5. The van der Waals surface area contributed by atoms with E-state index in [2.05, 4.69) is 10.5 Å². The van der Waals surface area contributed by atoms with Gasteiger partial charge in [0.2, 0.25) is 0 Å². The van der Waals surface area contributed by atoms with Gasteiger partial charge < -0.3 is 5.11 Å². The fourth-order valence-electron chi connectivity index (χ4n) is 1.69. The molecule has 0 amide bonds. The lowest BCUT2D eigenvalue weighted by atomic mass is 10.2. The molecule has 112 valence electrons. The zero-order valence-electron chi connectivity index (χ0n) is 11.1. The Labute approximate surface area is 130 Å². The van der Waals surface area contributed by atoms with Crippen LogP contribution in [-0.2, 0) is 0 Å². The number of nitro benzene ring substituents is 1. The van der Waals surface area contributed by atoms with E-state index in [1.54, 1.807) is 24.3 Å². The molecule has 0 radical (unpaired) electrons. The molecule has 2 N–H and O–H groups in total. The fraction of sp³-hybridized carbons (Fsp3) is 0. The van der Waals surface area contributed by atoms with Crippen LogP contribution in [0, 0.1) is 10.1 Å². The van der Waals surface area contributed by atoms with Crippen molar-refractivity contribution in [1.29, 1.82) is 0 Å². The van der Waals surface area contributed by atoms with E-state index in [0.717, 1.165) is 0 Å². The minimum atomic E-state index is -1.08. The Balaban J connectivity index is 2.19. The molecule has 0 saturated carbocycles. The van der Waals surface area contributed by atoms with Crippen LogP contribution in [0.5, 0.6) is 0 Å². The van der Waals surface area contributed by atoms with E-state index in [1.807, 2.05) is 0 Å². The van der Waals surface area contributed by atoms with Crippen molar-refractivity contribution in [1.82, 2.24) is 0 Å². The number of nitrogens with one attached hydrogen (secondary N) is 1. The highest BCUT2D eigenvalue weighted by atomic mass is 35.5. The van der Waals surface area contributed by atoms with Gasteiger partial charge in [0.25, 0.3) is 5.69 Å². The van der Waals surface area contributed by atoms with E-state index in [9.17, 15) is 14.9 Å². The molecule has 0 aromatic heterocycles. The van der Waals surface area contributed by atoms with E-state index in [-0.39, 0.29) is 16.3 Å². The smallest absolute Gasteiger partial charge is 0.337 e. The van der Waals surface area contributed by atoms with Crippen molar-refractivity contribution >= 4 is 35.2 Å². The molecule has 22 heavy (non-hydrogen) atoms. The van der Waals surface area contributed by atoms with Gasteiger partial charge in [-0.25, -0.2) is 4.79 Å². The number of carboxylic acid groups (broad SMARTS) is 1. The van der Waals surface area contributed by atoms with Gasteiger partial charge in [-0.05, 0) is 18.2 Å². The number of nitro groups is 1. The summed E-state index contributed by atoms with van der Waals surface area (Å²) < 4.78 is 0. The number of para-hydroxylation sites is 1. The summed E-state index contributed by atoms with van der Waals surface area (Å²) in [5, 5.41) is 23.7. The minimum absolute atomic E-state index is 0.0336. The van der Waals surface area contributed by atoms with Crippen molar-refractivity contribution in [3.8, 4) is 0 Å². The second-order valence-corrected chi connectivity index (χ2v) is 4.60. The summed E-state index contributed by atoms with van der Waals surface area (Å²) in [7, 11) is 0. The maximum absolute atomic E-state index is 11.0. The number of nitrogens with zero attached hydrogens (tertiary/aromatic N) is 2. The van der Waals surface area contributed by atoms with Crippen LogP contribution >= 0.6 is 11.6 Å². The van der Waals surface area contributed by atoms with Crippen LogP contribution in [0.25, 0.3) is 0 Å². The summed E-state index contributed by atoms with van der Waals surface area (Å²) >= 11 is 5.71. The number of benzene rings is 2. The highest BCUT2D eigenvalue weighted by molar-refractivity contribution is 6.32. The predicted molar refractivity (Wildman–Crippen MR) is 82.7 cm³/mol. The van der Waals surface area contributed by atoms with Crippen LogP contribution in [0.1, 0.15) is 15.9 Å². The van der Waals surface area contributed by atoms with E-state index in [0.29, 0.717) is 11.3 Å². The summed E-state index contributed by atoms with van der Waals surface area (Å²) in [6.07, 6.45) is 1.34. The Bertz CT molecular complexity index is 762. The number of anilines is 1. The van der Waals surface area contributed by atoms with E-state index in [4.69, 9.17) is 16.7 Å². The number of carbonyl (C=O) groups is 1. The molecular weight excluding hydrogens is 310 g/mol. The van der Waals surface area contributed by atoms with Gasteiger partial charge in [-0.2, -0.15) is 5.10 Å². The molecule has 0 bridgehead atoms. The number of hydrazone groups is 1. The lowest BCUT2D eigenvalue weighted by Crippen LogP contribution is -2.02. The third-order valence-corrected chi connectivity index (χ3v) is 3.04. The molecule has 0 spiro atoms. The molecule has 0 atom stereocenters. The van der Waals surface area contributed by atoms with E-state index >= 15 is 0 Å². The SMILES string of the molecule is O=C(O)c1ccccc1NN=Cc1ccc(Cl)c([N+](=O)[O-])c1. The minimum Gasteiger partial charge on any atom is -0.478 e. The molecule has 0 unspecified atom stereocenters. The van der Waals surface area contributed by atoms with Gasteiger partial charge in [0.1, 0.15) is 5.02 Å². The predicted octanol–water partition coefficient (Wildman–Crippen LogP) is 3.39. The molecule has 0 saturated heterocycles. The van der Waals surface area contributed by atoms with Crippen molar-refractivity contribution in [3.05, 3.63) is 68.7 Å². The third kappa shape index (κ3) is 3.58. The molecule has 8 heteroatoms. The Hall–Kier alpha value is -2.93. The molecule has 0 aliphatic heterocycles. The standard InChI is InChI=1S/C14H10ClN3O4/c15-11-6-5-9(7-13(11)18(21)22)8-16-17-12-4-2-1-3-10(12)14(19)20/h1-8,17H,(H,19,20). The summed E-state index contributed by atoms with van der Waals surface area (Å²) in [5.74, 6) is -1.08. The average molecular weight is 320 g/mol. The number of halogens is 1. The van der Waals surface area contributed by atoms with Crippen molar-refractivity contribution in [2.24, 2.45) is 5.10 Å². The van der Waals surface area contributed by atoms with Crippen molar-refractivity contribution in [2.45, 2.75) is 0 Å². The van der Waals surface area contributed by atoms with Crippen LogP contribution in [0.3, 0.4) is 0 Å². The van der Waals surface area contributed by atoms with Crippen LogP contribution in [0.4, 0.5) is 11.4 Å². The van der Waals surface area contributed by atoms with Gasteiger partial charge in [-0.1, -0.05) is 29.8 Å². The van der Waals surface area contributed by atoms with Gasteiger partial charge in [0.05, 0.1) is 22.4 Å². The zero-order chi connectivity index (χ0) is 16.1. The molecule has 0 aliphatic rings. The second kappa shape index (κ2) is 6.68. The normalized spacial score (nSPS) is 10.6. The first-order valence-electron chi connectivity index (χ1n) is 6.04. The molecular formula is C14H10ClN3O4. The number of carboxylic acids is 1. The van der Waals surface area contributed by atoms with Crippen molar-refractivity contribution < 1.29 is 14.8 Å². The highest BCUT2D eigenvalue weighted by Crippen LogP contribution is 2.24. The Morgan fingerprint density at radius 3 is 2.73 bits per heavy atom. The quantitative estimate of drug-likeness (QED) is 0.499. The van der Waals surface area contributed by atoms with Crippen LogP contribution in [0.15, 0.2) is 47.6 Å². The molecule has 7 nitrogen and oxygen atoms in total. The maximum Gasteiger partial charge on any atom is 0.337 e. The lowest BCUT2D eigenvalue weighted by molar-refractivity contribution is -0.384. The van der Waals surface area contributed by atoms with Crippen molar-refractivity contribution in [2.75, 3.05) is 5.43 Å². The molecule has 2 aromatic rings. The van der Waals surface area contributed by atoms with Gasteiger partial charge in [0.15, 0.2) is 0 Å². The van der Waals surface area contributed by atoms with Gasteiger partial charge in [0, 0.05) is 11.6 Å². The zero-order valence-corrected chi connectivity index (χ0v) is 11.8. The number of hydrogen-bond acceptors (Lipinski definition) is 5. The van der Waals surface area contributed by atoms with Crippen molar-refractivity contribution in [3.63, 3.8) is 0 Å². The molecule has 2 rings (SSSR count). The monoisotopic (exact) mass is 319 g/mol. The number of aromatic carboxylic acids is 1. The third-order valence-electron chi connectivity index (χ3n) is 2.72. The molecule has 2 aromatic carbocycles. The summed E-state index contributed by atoms with van der Waals surface area (Å²) in [5.41, 5.74) is 3.21. The second-order valence-electron chi connectivity index (χ2n) is 4.19. The molecule has 0 aliphatic carbocycles. The van der Waals surface area contributed by atoms with Gasteiger partial charge >= 0.3 is 5.97 Å². The first kappa shape index (κ1) is 15.5. The average Bonchev–Trinajstić information content (AvgIpc) is 2.49. The summed E-state index contributed by atoms with van der Waals surface area (Å²) in [6.45, 7) is 0. The Kier molecular flexibility index (Phi) is 4.70. The topological polar surface area (TPSA) is 105 Å². The number of rotatable bonds is 5. The summed E-state index contributed by atoms with van der Waals surface area (Å²) in [4.78, 5) is 21.2.